The van der Waals surface area contributed by atoms with Gasteiger partial charge < -0.3 is 48.5 Å². The van der Waals surface area contributed by atoms with Gasteiger partial charge >= 0.3 is 5.97 Å². The number of nitrogens with one attached hydrogen (secondary N) is 6. The molecular formula is C31H58N8O8. The van der Waals surface area contributed by atoms with Crippen LogP contribution in [0.25, 0.3) is 0 Å². The Kier molecular flexibility index (Phi) is 20.1. The van der Waals surface area contributed by atoms with Crippen LogP contribution >= 0.6 is 0 Å². The standard InChI is InChI=1S/C31H58N8O8/c1-16(2)13-21(33)28(43)36-19(7)26(41)35-20(8)27(42)39-25(18(5)6)30(45)38-23(14-17(3)4)29(44)34-15-24(40)37-22(31(46)47)11-9-10-12-32/h16-23,25H,9-15,32-33H2,1-8H3,(H,34,44)(H,35,41)(H,36,43)(H,37,40)(H,38,45)(H,39,42)(H,46,47). The van der Waals surface area contributed by atoms with E-state index in [1.807, 2.05) is 27.7 Å². The van der Waals surface area contributed by atoms with Crippen molar-refractivity contribution < 1.29 is 38.7 Å². The molecule has 16 heteroatoms. The number of carboxylic acid groups (broad SMARTS) is 1. The highest BCUT2D eigenvalue weighted by atomic mass is 16.4. The van der Waals surface area contributed by atoms with Gasteiger partial charge in [-0.15, -0.1) is 0 Å². The molecule has 0 aliphatic heterocycles. The Hall–Kier alpha value is -3.79. The Morgan fingerprint density at radius 2 is 1.15 bits per heavy atom. The molecule has 16 nitrogen and oxygen atoms in total. The van der Waals surface area contributed by atoms with Gasteiger partial charge in [-0.05, 0) is 70.3 Å². The summed E-state index contributed by atoms with van der Waals surface area (Å²) in [5.41, 5.74) is 11.3. The molecule has 0 aromatic heterocycles. The average Bonchev–Trinajstić information content (AvgIpc) is 2.96. The van der Waals surface area contributed by atoms with Gasteiger partial charge in [0.05, 0.1) is 12.6 Å². The summed E-state index contributed by atoms with van der Waals surface area (Å²) in [7, 11) is 0. The molecule has 47 heavy (non-hydrogen) atoms. The first kappa shape index (κ1) is 43.2. The second-order valence-electron chi connectivity index (χ2n) is 13.1. The number of aliphatic carboxylic acids is 1. The van der Waals surface area contributed by atoms with Crippen molar-refractivity contribution in [2.24, 2.45) is 29.2 Å². The minimum Gasteiger partial charge on any atom is -0.480 e. The number of carbonyl (C=O) groups is 7. The molecule has 0 radical (unpaired) electrons. The molecule has 0 saturated carbocycles. The van der Waals surface area contributed by atoms with Crippen LogP contribution in [0.1, 0.15) is 87.5 Å². The van der Waals surface area contributed by atoms with Crippen LogP contribution in [0.2, 0.25) is 0 Å². The molecule has 0 aromatic carbocycles. The van der Waals surface area contributed by atoms with Crippen molar-refractivity contribution in [3.05, 3.63) is 0 Å². The van der Waals surface area contributed by atoms with Crippen molar-refractivity contribution in [3.8, 4) is 0 Å². The maximum Gasteiger partial charge on any atom is 0.326 e. The van der Waals surface area contributed by atoms with Gasteiger partial charge in [-0.3, -0.25) is 28.8 Å². The molecule has 0 heterocycles. The molecule has 6 amide bonds. The third kappa shape index (κ3) is 17.6. The second kappa shape index (κ2) is 21.9. The monoisotopic (exact) mass is 670 g/mol. The first-order valence-corrected chi connectivity index (χ1v) is 16.3. The van der Waals surface area contributed by atoms with Gasteiger partial charge in [-0.2, -0.15) is 0 Å². The highest BCUT2D eigenvalue weighted by Gasteiger charge is 2.31. The van der Waals surface area contributed by atoms with E-state index in [-0.39, 0.29) is 24.7 Å². The van der Waals surface area contributed by atoms with Gasteiger partial charge in [0, 0.05) is 0 Å². The molecule has 0 spiro atoms. The molecule has 11 N–H and O–H groups in total. The third-order valence-corrected chi connectivity index (χ3v) is 7.16. The van der Waals surface area contributed by atoms with E-state index >= 15 is 0 Å². The van der Waals surface area contributed by atoms with E-state index < -0.39 is 90.1 Å². The zero-order valence-electron chi connectivity index (χ0n) is 29.1. The van der Waals surface area contributed by atoms with Crippen LogP contribution in [-0.2, 0) is 33.6 Å². The van der Waals surface area contributed by atoms with Gasteiger partial charge in [-0.1, -0.05) is 41.5 Å². The SMILES string of the molecule is CC(C)CC(N)C(=O)NC(C)C(=O)NC(C)C(=O)NC(C(=O)NC(CC(C)C)C(=O)NCC(=O)NC(CCCCN)C(=O)O)C(C)C. The predicted octanol–water partition coefficient (Wildman–Crippen LogP) is -1.14. The highest BCUT2D eigenvalue weighted by molar-refractivity contribution is 5.96. The first-order chi connectivity index (χ1) is 21.8. The first-order valence-electron chi connectivity index (χ1n) is 16.3. The third-order valence-electron chi connectivity index (χ3n) is 7.16. The van der Waals surface area contributed by atoms with Gasteiger partial charge in [0.1, 0.15) is 30.2 Å². The lowest BCUT2D eigenvalue weighted by Gasteiger charge is -2.27. The molecular weight excluding hydrogens is 612 g/mol. The smallest absolute Gasteiger partial charge is 0.326 e. The lowest BCUT2D eigenvalue weighted by Crippen LogP contribution is -2.59. The topological polar surface area (TPSA) is 264 Å². The number of nitrogens with two attached hydrogens (primary N) is 2. The Morgan fingerprint density at radius 3 is 1.64 bits per heavy atom. The van der Waals surface area contributed by atoms with E-state index in [9.17, 15) is 38.7 Å². The molecule has 0 saturated heterocycles. The van der Waals surface area contributed by atoms with Crippen LogP contribution in [0.4, 0.5) is 0 Å². The Morgan fingerprint density at radius 1 is 0.617 bits per heavy atom. The van der Waals surface area contributed by atoms with Crippen molar-refractivity contribution in [1.29, 1.82) is 0 Å². The molecule has 6 unspecified atom stereocenters. The molecule has 270 valence electrons. The average molecular weight is 671 g/mol. The minimum absolute atomic E-state index is 0.0384. The molecule has 6 atom stereocenters. The van der Waals surface area contributed by atoms with E-state index in [1.165, 1.54) is 13.8 Å². The summed E-state index contributed by atoms with van der Waals surface area (Å²) in [6.07, 6.45) is 1.95. The van der Waals surface area contributed by atoms with E-state index in [4.69, 9.17) is 11.5 Å². The van der Waals surface area contributed by atoms with Gasteiger partial charge in [0.25, 0.3) is 0 Å². The summed E-state index contributed by atoms with van der Waals surface area (Å²) in [5, 5.41) is 24.5. The summed E-state index contributed by atoms with van der Waals surface area (Å²) in [6, 6.07) is -6.09. The van der Waals surface area contributed by atoms with Gasteiger partial charge in [0.2, 0.25) is 35.4 Å². The van der Waals surface area contributed by atoms with Crippen LogP contribution in [-0.4, -0.2) is 95.9 Å². The van der Waals surface area contributed by atoms with Crippen molar-refractivity contribution in [3.63, 3.8) is 0 Å². The van der Waals surface area contributed by atoms with E-state index in [1.54, 1.807) is 13.8 Å². The number of hydrogen-bond acceptors (Lipinski definition) is 9. The number of carbonyl (C=O) groups excluding carboxylic acids is 6. The number of carboxylic acids is 1. The van der Waals surface area contributed by atoms with Crippen molar-refractivity contribution in [1.82, 2.24) is 31.9 Å². The van der Waals surface area contributed by atoms with Crippen LogP contribution in [0, 0.1) is 17.8 Å². The van der Waals surface area contributed by atoms with Crippen LogP contribution < -0.4 is 43.4 Å². The Labute approximate surface area is 278 Å². The number of amides is 6. The Balaban J connectivity index is 5.32. The fourth-order valence-electron chi connectivity index (χ4n) is 4.47. The van der Waals surface area contributed by atoms with Crippen molar-refractivity contribution in [2.45, 2.75) is 124 Å². The lowest BCUT2D eigenvalue weighted by molar-refractivity contribution is -0.142. The highest BCUT2D eigenvalue weighted by Crippen LogP contribution is 2.09. The molecule has 0 bridgehead atoms. The van der Waals surface area contributed by atoms with E-state index in [0.717, 1.165) is 0 Å². The van der Waals surface area contributed by atoms with Crippen LogP contribution in [0.3, 0.4) is 0 Å². The summed E-state index contributed by atoms with van der Waals surface area (Å²) >= 11 is 0. The quantitative estimate of drug-likeness (QED) is 0.0625. The normalized spacial score (nSPS) is 15.1. The van der Waals surface area contributed by atoms with E-state index in [0.29, 0.717) is 25.8 Å². The fourth-order valence-corrected chi connectivity index (χ4v) is 4.47. The molecule has 0 aliphatic rings. The van der Waals surface area contributed by atoms with Gasteiger partial charge in [-0.25, -0.2) is 4.79 Å². The Bertz CT molecular complexity index is 1070. The zero-order valence-corrected chi connectivity index (χ0v) is 29.1. The molecule has 0 aliphatic carbocycles. The largest absolute Gasteiger partial charge is 0.480 e. The fraction of sp³-hybridized carbons (Fsp3) is 0.774. The van der Waals surface area contributed by atoms with Crippen molar-refractivity contribution >= 4 is 41.4 Å². The summed E-state index contributed by atoms with van der Waals surface area (Å²) < 4.78 is 0. The summed E-state index contributed by atoms with van der Waals surface area (Å²) in [5.74, 6) is -5.25. The summed E-state index contributed by atoms with van der Waals surface area (Å²) in [6.45, 7) is 13.7. The zero-order chi connectivity index (χ0) is 36.4. The maximum absolute atomic E-state index is 13.3. The number of unbranched alkanes of at least 4 members (excludes halogenated alkanes) is 1. The van der Waals surface area contributed by atoms with Crippen LogP contribution in [0.5, 0.6) is 0 Å². The summed E-state index contributed by atoms with van der Waals surface area (Å²) in [4.78, 5) is 88.1. The number of rotatable bonds is 22. The number of hydrogen-bond donors (Lipinski definition) is 9. The van der Waals surface area contributed by atoms with Crippen LogP contribution in [0.15, 0.2) is 0 Å². The molecule has 0 fully saturated rings. The maximum atomic E-state index is 13.3. The predicted molar refractivity (Wildman–Crippen MR) is 176 cm³/mol. The minimum atomic E-state index is -1.20. The molecule has 0 aromatic rings. The van der Waals surface area contributed by atoms with Gasteiger partial charge in [0.15, 0.2) is 0 Å². The molecule has 0 rings (SSSR count). The van der Waals surface area contributed by atoms with E-state index in [2.05, 4.69) is 31.9 Å². The second-order valence-corrected chi connectivity index (χ2v) is 13.1. The van der Waals surface area contributed by atoms with Crippen molar-refractivity contribution in [2.75, 3.05) is 13.1 Å². The lowest BCUT2D eigenvalue weighted by atomic mass is 9.99.